The van der Waals surface area contributed by atoms with Crippen molar-refractivity contribution >= 4 is 11.8 Å². The van der Waals surface area contributed by atoms with Crippen molar-refractivity contribution in [3.63, 3.8) is 0 Å². The van der Waals surface area contributed by atoms with Crippen LogP contribution in [0.2, 0.25) is 0 Å². The first-order chi connectivity index (χ1) is 7.74. The lowest BCUT2D eigenvalue weighted by Gasteiger charge is -2.08. The summed E-state index contributed by atoms with van der Waals surface area (Å²) in [5.74, 6) is -1.04. The van der Waals surface area contributed by atoms with Gasteiger partial charge in [-0.2, -0.15) is 0 Å². The number of nitrogens with zero attached hydrogens (tertiary/aromatic N) is 1. The molecule has 0 aliphatic rings. The number of hydrogen-bond donors (Lipinski definition) is 2. The predicted molar refractivity (Wildman–Crippen MR) is 55.0 cm³/mol. The Balaban J connectivity index is 3.14. The fourth-order valence-electron chi connectivity index (χ4n) is 1.20. The smallest absolute Gasteiger partial charge is 0.338 e. The van der Waals surface area contributed by atoms with Gasteiger partial charge in [-0.05, 0) is 13.0 Å². The van der Waals surface area contributed by atoms with Crippen molar-refractivity contribution in [3.8, 4) is 0 Å². The number of hydroxylamine groups is 1. The summed E-state index contributed by atoms with van der Waals surface area (Å²) in [7, 11) is 0. The van der Waals surface area contributed by atoms with Crippen molar-refractivity contribution in [1.29, 1.82) is 0 Å². The summed E-state index contributed by atoms with van der Waals surface area (Å²) >= 11 is 0. The number of ether oxygens (including phenoxy) is 1. The molecular formula is C10H11FN2O3. The first-order valence-electron chi connectivity index (χ1n) is 4.60. The Hall–Kier alpha value is -1.95. The fourth-order valence-corrected chi connectivity index (χ4v) is 1.20. The molecule has 2 N–H and O–H groups in total. The molecule has 0 spiro atoms. The first kappa shape index (κ1) is 12.1. The molecule has 0 radical (unpaired) electrons. The molecule has 16 heavy (non-hydrogen) atoms. The van der Waals surface area contributed by atoms with Crippen LogP contribution >= 0.6 is 0 Å². The Morgan fingerprint density at radius 3 is 2.62 bits per heavy atom. The Morgan fingerprint density at radius 1 is 1.50 bits per heavy atom. The van der Waals surface area contributed by atoms with Crippen molar-refractivity contribution in [3.05, 3.63) is 35.4 Å². The van der Waals surface area contributed by atoms with Crippen molar-refractivity contribution in [1.82, 2.24) is 5.48 Å². The average molecular weight is 226 g/mol. The number of esters is 1. The third-order valence-corrected chi connectivity index (χ3v) is 1.87. The van der Waals surface area contributed by atoms with Gasteiger partial charge in [0.05, 0.1) is 12.2 Å². The van der Waals surface area contributed by atoms with E-state index in [4.69, 9.17) is 9.94 Å². The number of rotatable bonds is 3. The van der Waals surface area contributed by atoms with Crippen LogP contribution in [0.15, 0.2) is 29.5 Å². The van der Waals surface area contributed by atoms with Gasteiger partial charge >= 0.3 is 5.97 Å². The maximum absolute atomic E-state index is 12.2. The second-order valence-corrected chi connectivity index (χ2v) is 2.81. The molecule has 1 aromatic carbocycles. The Kier molecular flexibility index (Phi) is 4.41. The van der Waals surface area contributed by atoms with Crippen LogP contribution in [0.5, 0.6) is 0 Å². The molecule has 0 aliphatic heterocycles. The molecule has 5 nitrogen and oxygen atoms in total. The molecule has 0 bridgehead atoms. The number of halogens is 1. The topological polar surface area (TPSA) is 70.9 Å². The van der Waals surface area contributed by atoms with Gasteiger partial charge in [-0.25, -0.2) is 10.3 Å². The minimum Gasteiger partial charge on any atom is -0.462 e. The fraction of sp³-hybridized carbons (Fsp3) is 0.200. The summed E-state index contributed by atoms with van der Waals surface area (Å²) in [4.78, 5) is 11.5. The van der Waals surface area contributed by atoms with Gasteiger partial charge in [0, 0.05) is 5.56 Å². The highest BCUT2D eigenvalue weighted by Crippen LogP contribution is 2.11. The quantitative estimate of drug-likeness (QED) is 0.354. The third-order valence-electron chi connectivity index (χ3n) is 1.87. The van der Waals surface area contributed by atoms with Gasteiger partial charge < -0.3 is 4.74 Å². The van der Waals surface area contributed by atoms with E-state index in [1.807, 2.05) is 0 Å². The minimum atomic E-state index is -0.602. The molecule has 0 heterocycles. The average Bonchev–Trinajstić information content (AvgIpc) is 2.31. The Morgan fingerprint density at radius 2 is 2.12 bits per heavy atom. The SMILES string of the molecule is CCOC(=O)c1ccccc1/C(=N/F)NO. The maximum atomic E-state index is 12.2. The van der Waals surface area contributed by atoms with Gasteiger partial charge in [-0.15, -0.1) is 0 Å². The van der Waals surface area contributed by atoms with Crippen LogP contribution in [-0.4, -0.2) is 23.6 Å². The lowest BCUT2D eigenvalue weighted by atomic mass is 10.1. The number of amidine groups is 1. The van der Waals surface area contributed by atoms with Crippen molar-refractivity contribution in [2.75, 3.05) is 6.61 Å². The zero-order valence-electron chi connectivity index (χ0n) is 8.61. The van der Waals surface area contributed by atoms with Gasteiger partial charge in [-0.1, -0.05) is 27.9 Å². The van der Waals surface area contributed by atoms with E-state index in [0.717, 1.165) is 0 Å². The van der Waals surface area contributed by atoms with Gasteiger partial charge in [0.25, 0.3) is 0 Å². The number of hydrogen-bond acceptors (Lipinski definition) is 4. The molecule has 0 aromatic heterocycles. The minimum absolute atomic E-state index is 0.127. The standard InChI is InChI=1S/C10H11FN2O3/c1-2-16-10(14)8-6-4-3-5-7(8)9(12-11)13-15/h3-6,15H,2H2,1H3,(H,12,13). The van der Waals surface area contributed by atoms with E-state index in [2.05, 4.69) is 5.21 Å². The molecule has 0 atom stereocenters. The summed E-state index contributed by atoms with van der Waals surface area (Å²) < 4.78 is 17.0. The van der Waals surface area contributed by atoms with Crippen LogP contribution in [0.25, 0.3) is 0 Å². The molecule has 1 aromatic rings. The van der Waals surface area contributed by atoms with E-state index in [9.17, 15) is 9.28 Å². The monoisotopic (exact) mass is 226 g/mol. The van der Waals surface area contributed by atoms with Crippen LogP contribution in [0.4, 0.5) is 4.48 Å². The van der Waals surface area contributed by atoms with E-state index < -0.39 is 11.8 Å². The van der Waals surface area contributed by atoms with Crippen molar-refractivity contribution < 1.29 is 19.2 Å². The molecular weight excluding hydrogens is 215 g/mol. The number of benzene rings is 1. The molecule has 0 saturated heterocycles. The van der Waals surface area contributed by atoms with Crippen LogP contribution < -0.4 is 5.48 Å². The molecule has 0 amide bonds. The largest absolute Gasteiger partial charge is 0.462 e. The molecule has 6 heteroatoms. The first-order valence-corrected chi connectivity index (χ1v) is 4.60. The summed E-state index contributed by atoms with van der Waals surface area (Å²) in [5, 5.41) is 11.0. The lowest BCUT2D eigenvalue weighted by Crippen LogP contribution is -2.23. The molecule has 0 fully saturated rings. The predicted octanol–water partition coefficient (Wildman–Crippen LogP) is 1.47. The van der Waals surface area contributed by atoms with Gasteiger partial charge in [0.1, 0.15) is 0 Å². The second-order valence-electron chi connectivity index (χ2n) is 2.81. The normalized spacial score (nSPS) is 11.1. The van der Waals surface area contributed by atoms with Crippen LogP contribution in [0.3, 0.4) is 0 Å². The molecule has 0 unspecified atom stereocenters. The molecule has 0 aliphatic carbocycles. The van der Waals surface area contributed by atoms with Crippen LogP contribution in [0.1, 0.15) is 22.8 Å². The summed E-state index contributed by atoms with van der Waals surface area (Å²) in [6.07, 6.45) is 0. The van der Waals surface area contributed by atoms with E-state index in [0.29, 0.717) is 0 Å². The van der Waals surface area contributed by atoms with Crippen LogP contribution in [-0.2, 0) is 4.74 Å². The van der Waals surface area contributed by atoms with E-state index in [-0.39, 0.29) is 17.7 Å². The number of carbonyl (C=O) groups excluding carboxylic acids is 1. The Bertz CT molecular complexity index is 407. The lowest BCUT2D eigenvalue weighted by molar-refractivity contribution is 0.0526. The van der Waals surface area contributed by atoms with Gasteiger partial charge in [-0.3, -0.25) is 5.21 Å². The molecule has 86 valence electrons. The molecule has 0 saturated carbocycles. The van der Waals surface area contributed by atoms with Gasteiger partial charge in [0.2, 0.25) is 0 Å². The van der Waals surface area contributed by atoms with E-state index in [1.54, 1.807) is 24.5 Å². The summed E-state index contributed by atoms with van der Waals surface area (Å²) in [6.45, 7) is 1.87. The zero-order chi connectivity index (χ0) is 12.0. The Labute approximate surface area is 91.5 Å². The van der Waals surface area contributed by atoms with E-state index >= 15 is 0 Å². The highest BCUT2D eigenvalue weighted by atomic mass is 19.2. The van der Waals surface area contributed by atoms with Crippen LogP contribution in [0, 0.1) is 0 Å². The van der Waals surface area contributed by atoms with Gasteiger partial charge in [0.15, 0.2) is 5.84 Å². The highest BCUT2D eigenvalue weighted by Gasteiger charge is 2.15. The third kappa shape index (κ3) is 2.54. The maximum Gasteiger partial charge on any atom is 0.338 e. The zero-order valence-corrected chi connectivity index (χ0v) is 8.61. The van der Waals surface area contributed by atoms with E-state index in [1.165, 1.54) is 12.1 Å². The molecule has 1 rings (SSSR count). The number of carbonyl (C=O) groups is 1. The van der Waals surface area contributed by atoms with Crippen molar-refractivity contribution in [2.45, 2.75) is 6.92 Å². The highest BCUT2D eigenvalue weighted by molar-refractivity contribution is 6.07. The van der Waals surface area contributed by atoms with Crippen molar-refractivity contribution in [2.24, 2.45) is 5.21 Å². The summed E-state index contributed by atoms with van der Waals surface area (Å²) in [6, 6.07) is 6.08. The second kappa shape index (κ2) is 5.82. The number of nitrogens with one attached hydrogen (secondary N) is 1. The summed E-state index contributed by atoms with van der Waals surface area (Å²) in [5.41, 5.74) is 1.83.